The quantitative estimate of drug-likeness (QED) is 0.920. The minimum absolute atomic E-state index is 0.149. The van der Waals surface area contributed by atoms with E-state index in [1.165, 1.54) is 10.4 Å². The lowest BCUT2D eigenvalue weighted by Gasteiger charge is -2.30. The molecule has 1 aliphatic rings. The van der Waals surface area contributed by atoms with E-state index in [2.05, 4.69) is 39.5 Å². The zero-order valence-electron chi connectivity index (χ0n) is 10.5. The van der Waals surface area contributed by atoms with Crippen molar-refractivity contribution in [3.63, 3.8) is 0 Å². The minimum atomic E-state index is 0.149. The Labute approximate surface area is 125 Å². The zero-order chi connectivity index (χ0) is 13.2. The highest BCUT2D eigenvalue weighted by atomic mass is 79.9. The maximum absolute atomic E-state index is 6.44. The van der Waals surface area contributed by atoms with E-state index >= 15 is 0 Å². The molecule has 100 valence electrons. The zero-order valence-corrected chi connectivity index (χ0v) is 12.9. The standard InChI is InChI=1S/C15H16BrNOS/c16-10-7-11(19-9-10)8-14(17)12-5-6-18-15-4-2-1-3-13(12)15/h1-4,7,9,12,14H,5-6,8,17H2. The summed E-state index contributed by atoms with van der Waals surface area (Å²) in [5.74, 6) is 1.40. The molecule has 2 atom stereocenters. The molecule has 0 amide bonds. The highest BCUT2D eigenvalue weighted by Crippen LogP contribution is 2.36. The average Bonchev–Trinajstić information content (AvgIpc) is 2.83. The summed E-state index contributed by atoms with van der Waals surface area (Å²) in [5, 5.41) is 2.11. The van der Waals surface area contributed by atoms with Crippen LogP contribution in [0.15, 0.2) is 40.2 Å². The maximum atomic E-state index is 6.44. The van der Waals surface area contributed by atoms with Crippen LogP contribution in [-0.4, -0.2) is 12.6 Å². The summed E-state index contributed by atoms with van der Waals surface area (Å²) in [7, 11) is 0. The van der Waals surface area contributed by atoms with Gasteiger partial charge >= 0.3 is 0 Å². The molecule has 0 spiro atoms. The second-order valence-electron chi connectivity index (χ2n) is 4.88. The monoisotopic (exact) mass is 337 g/mol. The van der Waals surface area contributed by atoms with E-state index in [-0.39, 0.29) is 6.04 Å². The van der Waals surface area contributed by atoms with Crippen LogP contribution >= 0.6 is 27.3 Å². The molecule has 19 heavy (non-hydrogen) atoms. The predicted octanol–water partition coefficient (Wildman–Crippen LogP) is 3.95. The smallest absolute Gasteiger partial charge is 0.122 e. The van der Waals surface area contributed by atoms with Gasteiger partial charge in [-0.25, -0.2) is 0 Å². The Bertz CT molecular complexity index is 569. The molecule has 1 aromatic carbocycles. The van der Waals surface area contributed by atoms with Crippen LogP contribution in [0, 0.1) is 0 Å². The molecular weight excluding hydrogens is 322 g/mol. The van der Waals surface area contributed by atoms with Crippen molar-refractivity contribution >= 4 is 27.3 Å². The van der Waals surface area contributed by atoms with E-state index in [0.29, 0.717) is 5.92 Å². The summed E-state index contributed by atoms with van der Waals surface area (Å²) in [6.07, 6.45) is 1.93. The fraction of sp³-hybridized carbons (Fsp3) is 0.333. The molecule has 3 rings (SSSR count). The lowest BCUT2D eigenvalue weighted by atomic mass is 9.85. The van der Waals surface area contributed by atoms with Gasteiger partial charge < -0.3 is 10.5 Å². The molecule has 0 saturated heterocycles. The number of thiophene rings is 1. The summed E-state index contributed by atoms with van der Waals surface area (Å²) >= 11 is 5.26. The number of benzene rings is 1. The van der Waals surface area contributed by atoms with E-state index in [1.54, 1.807) is 11.3 Å². The molecule has 2 unspecified atom stereocenters. The van der Waals surface area contributed by atoms with Gasteiger partial charge in [-0.3, -0.25) is 0 Å². The van der Waals surface area contributed by atoms with Crippen LogP contribution < -0.4 is 10.5 Å². The lowest BCUT2D eigenvalue weighted by Crippen LogP contribution is -2.33. The third-order valence-electron chi connectivity index (χ3n) is 3.58. The summed E-state index contributed by atoms with van der Waals surface area (Å²) in [4.78, 5) is 1.34. The van der Waals surface area contributed by atoms with Gasteiger partial charge in [-0.1, -0.05) is 18.2 Å². The normalized spacial score (nSPS) is 19.6. The molecule has 0 bridgehead atoms. The van der Waals surface area contributed by atoms with Crippen LogP contribution in [0.2, 0.25) is 0 Å². The van der Waals surface area contributed by atoms with Crippen LogP contribution in [0.5, 0.6) is 5.75 Å². The molecule has 0 fully saturated rings. The van der Waals surface area contributed by atoms with Crippen molar-refractivity contribution in [3.05, 3.63) is 50.6 Å². The van der Waals surface area contributed by atoms with E-state index in [4.69, 9.17) is 10.5 Å². The first-order chi connectivity index (χ1) is 9.24. The van der Waals surface area contributed by atoms with Crippen molar-refractivity contribution in [1.29, 1.82) is 0 Å². The van der Waals surface area contributed by atoms with Crippen LogP contribution in [0.25, 0.3) is 0 Å². The molecule has 2 aromatic rings. The first-order valence-corrected chi connectivity index (χ1v) is 8.11. The summed E-state index contributed by atoms with van der Waals surface area (Å²) < 4.78 is 6.84. The molecule has 2 nitrogen and oxygen atoms in total. The topological polar surface area (TPSA) is 35.2 Å². The lowest BCUT2D eigenvalue weighted by molar-refractivity contribution is 0.255. The summed E-state index contributed by atoms with van der Waals surface area (Å²) in [5.41, 5.74) is 7.70. The Morgan fingerprint density at radius 2 is 2.26 bits per heavy atom. The van der Waals surface area contributed by atoms with Gasteiger partial charge in [-0.05, 0) is 46.5 Å². The van der Waals surface area contributed by atoms with Gasteiger partial charge in [0.05, 0.1) is 6.61 Å². The number of fused-ring (bicyclic) bond motifs is 1. The molecule has 0 aliphatic carbocycles. The maximum Gasteiger partial charge on any atom is 0.122 e. The molecular formula is C15H16BrNOS. The summed E-state index contributed by atoms with van der Waals surface area (Å²) in [6, 6.07) is 10.6. The van der Waals surface area contributed by atoms with Gasteiger partial charge in [-0.2, -0.15) is 0 Å². The van der Waals surface area contributed by atoms with Crippen molar-refractivity contribution in [2.75, 3.05) is 6.61 Å². The average molecular weight is 338 g/mol. The van der Waals surface area contributed by atoms with Crippen LogP contribution in [0.4, 0.5) is 0 Å². The van der Waals surface area contributed by atoms with Crippen LogP contribution in [-0.2, 0) is 6.42 Å². The number of nitrogens with two attached hydrogens (primary N) is 1. The predicted molar refractivity (Wildman–Crippen MR) is 83.0 cm³/mol. The van der Waals surface area contributed by atoms with E-state index < -0.39 is 0 Å². The molecule has 0 saturated carbocycles. The van der Waals surface area contributed by atoms with Crippen molar-refractivity contribution < 1.29 is 4.74 Å². The van der Waals surface area contributed by atoms with Crippen LogP contribution in [0.3, 0.4) is 0 Å². The Morgan fingerprint density at radius 1 is 1.42 bits per heavy atom. The Hall–Kier alpha value is -0.840. The Kier molecular flexibility index (Phi) is 3.91. The van der Waals surface area contributed by atoms with E-state index in [1.807, 2.05) is 12.1 Å². The van der Waals surface area contributed by atoms with Gasteiger partial charge in [0.25, 0.3) is 0 Å². The van der Waals surface area contributed by atoms with E-state index in [0.717, 1.165) is 29.7 Å². The second-order valence-corrected chi connectivity index (χ2v) is 6.79. The second kappa shape index (κ2) is 5.65. The molecule has 1 aliphatic heterocycles. The molecule has 0 radical (unpaired) electrons. The Balaban J connectivity index is 1.79. The molecule has 4 heteroatoms. The van der Waals surface area contributed by atoms with Gasteiger partial charge in [0.1, 0.15) is 5.75 Å². The van der Waals surface area contributed by atoms with E-state index in [9.17, 15) is 0 Å². The number of para-hydroxylation sites is 1. The third-order valence-corrected chi connectivity index (χ3v) is 5.30. The molecule has 2 N–H and O–H groups in total. The highest BCUT2D eigenvalue weighted by Gasteiger charge is 2.26. The van der Waals surface area contributed by atoms with Gasteiger partial charge in [0.2, 0.25) is 0 Å². The van der Waals surface area contributed by atoms with Gasteiger partial charge in [-0.15, -0.1) is 11.3 Å². The highest BCUT2D eigenvalue weighted by molar-refractivity contribution is 9.10. The number of halogens is 1. The first kappa shape index (κ1) is 13.2. The molecule has 1 aromatic heterocycles. The SMILES string of the molecule is NC(Cc1cc(Br)cs1)C1CCOc2ccccc21. The van der Waals surface area contributed by atoms with Gasteiger partial charge in [0.15, 0.2) is 0 Å². The minimum Gasteiger partial charge on any atom is -0.493 e. The number of hydrogen-bond acceptors (Lipinski definition) is 3. The largest absolute Gasteiger partial charge is 0.493 e. The van der Waals surface area contributed by atoms with Gasteiger partial charge in [0, 0.05) is 26.7 Å². The van der Waals surface area contributed by atoms with Crippen molar-refractivity contribution in [3.8, 4) is 5.75 Å². The fourth-order valence-electron chi connectivity index (χ4n) is 2.65. The van der Waals surface area contributed by atoms with Crippen molar-refractivity contribution in [2.24, 2.45) is 5.73 Å². The van der Waals surface area contributed by atoms with Crippen LogP contribution in [0.1, 0.15) is 22.8 Å². The van der Waals surface area contributed by atoms with Crippen molar-refractivity contribution in [2.45, 2.75) is 24.8 Å². The molecule has 2 heterocycles. The third kappa shape index (κ3) is 2.86. The number of rotatable bonds is 3. The Morgan fingerprint density at radius 3 is 3.05 bits per heavy atom. The first-order valence-electron chi connectivity index (χ1n) is 6.44. The number of hydrogen-bond donors (Lipinski definition) is 1. The summed E-state index contributed by atoms with van der Waals surface area (Å²) in [6.45, 7) is 0.767. The number of ether oxygens (including phenoxy) is 1. The fourth-order valence-corrected chi connectivity index (χ4v) is 4.17. The van der Waals surface area contributed by atoms with Crippen molar-refractivity contribution in [1.82, 2.24) is 0 Å².